The number of hydrogen-bond donors (Lipinski definition) is 1. The first-order valence-electron chi connectivity index (χ1n) is 6.89. The number of oxazole rings is 1. The zero-order valence-electron chi connectivity index (χ0n) is 11.4. The van der Waals surface area contributed by atoms with Crippen LogP contribution < -0.4 is 5.73 Å². The molecule has 1 saturated heterocycles. The maximum Gasteiger partial charge on any atom is 0.209 e. The van der Waals surface area contributed by atoms with Crippen LogP contribution in [0.15, 0.2) is 40.9 Å². The highest BCUT2D eigenvalue weighted by atomic mass is 16.5. The molecule has 1 atom stereocenters. The monoisotopic (exact) mass is 273 g/mol. The summed E-state index contributed by atoms with van der Waals surface area (Å²) < 4.78 is 11.4. The number of ether oxygens (including phenoxy) is 1. The van der Waals surface area contributed by atoms with E-state index in [-0.39, 0.29) is 6.10 Å². The van der Waals surface area contributed by atoms with Gasteiger partial charge in [0.1, 0.15) is 0 Å². The molecular weight excluding hydrogens is 254 g/mol. The van der Waals surface area contributed by atoms with Crippen LogP contribution in [0.25, 0.3) is 11.3 Å². The van der Waals surface area contributed by atoms with Gasteiger partial charge < -0.3 is 14.9 Å². The van der Waals surface area contributed by atoms with Gasteiger partial charge in [0.2, 0.25) is 5.89 Å². The van der Waals surface area contributed by atoms with Crippen molar-refractivity contribution in [3.8, 4) is 11.3 Å². The second-order valence-corrected chi connectivity index (χ2v) is 4.95. The first kappa shape index (κ1) is 13.3. The van der Waals surface area contributed by atoms with Crippen LogP contribution in [0.2, 0.25) is 0 Å². The Kier molecular flexibility index (Phi) is 4.11. The fraction of sp³-hybridized carbons (Fsp3) is 0.400. The van der Waals surface area contributed by atoms with Crippen molar-refractivity contribution in [2.75, 3.05) is 26.2 Å². The Hall–Kier alpha value is -1.69. The number of hydrogen-bond acceptors (Lipinski definition) is 5. The summed E-state index contributed by atoms with van der Waals surface area (Å²) in [5.41, 5.74) is 6.70. The zero-order chi connectivity index (χ0) is 13.8. The summed E-state index contributed by atoms with van der Waals surface area (Å²) in [5.74, 6) is 1.55. The normalized spacial score (nSPS) is 20.1. The molecule has 5 heteroatoms. The lowest BCUT2D eigenvalue weighted by molar-refractivity contribution is -0.0283. The topological polar surface area (TPSA) is 64.5 Å². The largest absolute Gasteiger partial charge is 0.439 e. The second-order valence-electron chi connectivity index (χ2n) is 4.95. The first-order chi connectivity index (χ1) is 9.85. The molecule has 2 heterocycles. The maximum absolute atomic E-state index is 5.82. The Morgan fingerprint density at radius 2 is 2.15 bits per heavy atom. The molecule has 0 aliphatic carbocycles. The Labute approximate surface area is 118 Å². The van der Waals surface area contributed by atoms with Gasteiger partial charge >= 0.3 is 0 Å². The van der Waals surface area contributed by atoms with Crippen molar-refractivity contribution >= 4 is 0 Å². The summed E-state index contributed by atoms with van der Waals surface area (Å²) in [6.07, 6.45) is 1.90. The van der Waals surface area contributed by atoms with Crippen LogP contribution in [-0.2, 0) is 11.3 Å². The molecule has 2 N–H and O–H groups in total. The molecule has 5 nitrogen and oxygen atoms in total. The van der Waals surface area contributed by atoms with E-state index in [0.29, 0.717) is 19.7 Å². The molecule has 1 unspecified atom stereocenters. The van der Waals surface area contributed by atoms with E-state index in [1.807, 2.05) is 30.3 Å². The van der Waals surface area contributed by atoms with E-state index in [1.54, 1.807) is 6.20 Å². The van der Waals surface area contributed by atoms with Gasteiger partial charge in [0.15, 0.2) is 5.76 Å². The second kappa shape index (κ2) is 6.17. The number of nitrogens with zero attached hydrogens (tertiary/aromatic N) is 2. The van der Waals surface area contributed by atoms with Gasteiger partial charge in [0.25, 0.3) is 0 Å². The molecule has 0 radical (unpaired) electrons. The summed E-state index contributed by atoms with van der Waals surface area (Å²) in [6.45, 7) is 3.69. The van der Waals surface area contributed by atoms with Crippen LogP contribution >= 0.6 is 0 Å². The fourth-order valence-electron chi connectivity index (χ4n) is 2.38. The van der Waals surface area contributed by atoms with Gasteiger partial charge in [-0.15, -0.1) is 0 Å². The van der Waals surface area contributed by atoms with Gasteiger partial charge in [0, 0.05) is 25.2 Å². The quantitative estimate of drug-likeness (QED) is 0.914. The minimum Gasteiger partial charge on any atom is -0.439 e. The van der Waals surface area contributed by atoms with E-state index >= 15 is 0 Å². The molecule has 1 aliphatic heterocycles. The molecule has 3 rings (SSSR count). The van der Waals surface area contributed by atoms with Crippen LogP contribution in [0.5, 0.6) is 0 Å². The van der Waals surface area contributed by atoms with E-state index in [4.69, 9.17) is 14.9 Å². The molecule has 0 saturated carbocycles. The first-order valence-corrected chi connectivity index (χ1v) is 6.89. The SMILES string of the molecule is NCC1CN(Cc2ncc(-c3ccccc3)o2)CCO1. The Balaban J connectivity index is 1.65. The van der Waals surface area contributed by atoms with Crippen molar-refractivity contribution in [3.05, 3.63) is 42.4 Å². The van der Waals surface area contributed by atoms with E-state index in [1.165, 1.54) is 0 Å². The van der Waals surface area contributed by atoms with Crippen molar-refractivity contribution in [1.82, 2.24) is 9.88 Å². The molecule has 1 aliphatic rings. The number of morpholine rings is 1. The summed E-state index contributed by atoms with van der Waals surface area (Å²) in [6, 6.07) is 10.0. The smallest absolute Gasteiger partial charge is 0.209 e. The third-order valence-electron chi connectivity index (χ3n) is 3.46. The zero-order valence-corrected chi connectivity index (χ0v) is 11.4. The van der Waals surface area contributed by atoms with E-state index in [0.717, 1.165) is 30.3 Å². The molecule has 1 aromatic heterocycles. The van der Waals surface area contributed by atoms with Gasteiger partial charge in [-0.3, -0.25) is 4.90 Å². The molecule has 1 fully saturated rings. The molecule has 0 bridgehead atoms. The van der Waals surface area contributed by atoms with Gasteiger partial charge in [-0.25, -0.2) is 4.98 Å². The number of benzene rings is 1. The highest BCUT2D eigenvalue weighted by Crippen LogP contribution is 2.20. The molecule has 20 heavy (non-hydrogen) atoms. The van der Waals surface area contributed by atoms with Crippen molar-refractivity contribution in [3.63, 3.8) is 0 Å². The Morgan fingerprint density at radius 1 is 1.30 bits per heavy atom. The van der Waals surface area contributed by atoms with E-state index < -0.39 is 0 Å². The number of nitrogens with two attached hydrogens (primary N) is 1. The maximum atomic E-state index is 5.82. The summed E-state index contributed by atoms with van der Waals surface area (Å²) in [7, 11) is 0. The standard InChI is InChI=1S/C15H19N3O2/c16-8-13-10-18(6-7-19-13)11-15-17-9-14(20-15)12-4-2-1-3-5-12/h1-5,9,13H,6-8,10-11,16H2. The van der Waals surface area contributed by atoms with Crippen LogP contribution in [0.1, 0.15) is 5.89 Å². The average molecular weight is 273 g/mol. The fourth-order valence-corrected chi connectivity index (χ4v) is 2.38. The van der Waals surface area contributed by atoms with Gasteiger partial charge in [0.05, 0.1) is 25.5 Å². The van der Waals surface area contributed by atoms with Crippen molar-refractivity contribution in [2.24, 2.45) is 5.73 Å². The molecular formula is C15H19N3O2. The molecule has 0 spiro atoms. The van der Waals surface area contributed by atoms with Crippen LogP contribution in [0, 0.1) is 0 Å². The number of aromatic nitrogens is 1. The number of rotatable bonds is 4. The third kappa shape index (κ3) is 3.07. The summed E-state index contributed by atoms with van der Waals surface area (Å²) in [5, 5.41) is 0. The predicted molar refractivity (Wildman–Crippen MR) is 76.0 cm³/mol. The Morgan fingerprint density at radius 3 is 2.95 bits per heavy atom. The van der Waals surface area contributed by atoms with Crippen molar-refractivity contribution < 1.29 is 9.15 Å². The minimum absolute atomic E-state index is 0.118. The lowest BCUT2D eigenvalue weighted by atomic mass is 10.2. The predicted octanol–water partition coefficient (Wildman–Crippen LogP) is 1.50. The molecule has 106 valence electrons. The summed E-state index contributed by atoms with van der Waals surface area (Å²) >= 11 is 0. The van der Waals surface area contributed by atoms with Gasteiger partial charge in [-0.05, 0) is 0 Å². The third-order valence-corrected chi connectivity index (χ3v) is 3.46. The molecule has 1 aromatic carbocycles. The van der Waals surface area contributed by atoms with Gasteiger partial charge in [-0.1, -0.05) is 30.3 Å². The highest BCUT2D eigenvalue weighted by Gasteiger charge is 2.20. The highest BCUT2D eigenvalue weighted by molar-refractivity contribution is 5.55. The lowest BCUT2D eigenvalue weighted by Gasteiger charge is -2.31. The average Bonchev–Trinajstić information content (AvgIpc) is 2.97. The van der Waals surface area contributed by atoms with Crippen molar-refractivity contribution in [1.29, 1.82) is 0 Å². The molecule has 0 amide bonds. The van der Waals surface area contributed by atoms with Crippen molar-refractivity contribution in [2.45, 2.75) is 12.6 Å². The van der Waals surface area contributed by atoms with E-state index in [9.17, 15) is 0 Å². The lowest BCUT2D eigenvalue weighted by Crippen LogP contribution is -2.45. The molecule has 2 aromatic rings. The van der Waals surface area contributed by atoms with Crippen LogP contribution in [0.4, 0.5) is 0 Å². The summed E-state index contributed by atoms with van der Waals surface area (Å²) in [4.78, 5) is 6.62. The van der Waals surface area contributed by atoms with Crippen LogP contribution in [0.3, 0.4) is 0 Å². The Bertz CT molecular complexity index is 541. The minimum atomic E-state index is 0.118. The van der Waals surface area contributed by atoms with Crippen LogP contribution in [-0.4, -0.2) is 42.2 Å². The van der Waals surface area contributed by atoms with Gasteiger partial charge in [-0.2, -0.15) is 0 Å². The van der Waals surface area contributed by atoms with E-state index in [2.05, 4.69) is 9.88 Å².